The number of carbonyl (C=O) groups excluding carboxylic acids is 2. The van der Waals surface area contributed by atoms with Crippen LogP contribution in [0.3, 0.4) is 0 Å². The quantitative estimate of drug-likeness (QED) is 0.722. The molecule has 0 saturated heterocycles. The number of esters is 1. The van der Waals surface area contributed by atoms with Gasteiger partial charge in [-0.25, -0.2) is 0 Å². The molecule has 1 amide bonds. The number of hydrogen-bond acceptors (Lipinski definition) is 5. The molecule has 1 aromatic carbocycles. The summed E-state index contributed by atoms with van der Waals surface area (Å²) in [6.45, 7) is 1.64. The monoisotopic (exact) mass is 373 g/mol. The number of ether oxygens (including phenoxy) is 2. The van der Waals surface area contributed by atoms with Crippen LogP contribution in [0.2, 0.25) is 0 Å². The Morgan fingerprint density at radius 3 is 2.70 bits per heavy atom. The van der Waals surface area contributed by atoms with E-state index in [2.05, 4.69) is 0 Å². The van der Waals surface area contributed by atoms with E-state index >= 15 is 0 Å². The number of likely N-dealkylation sites (N-methyl/N-ethyl adjacent to an activating group) is 1. The van der Waals surface area contributed by atoms with E-state index in [-0.39, 0.29) is 18.4 Å². The molecule has 1 aromatic heterocycles. The van der Waals surface area contributed by atoms with E-state index in [1.165, 1.54) is 6.42 Å². The summed E-state index contributed by atoms with van der Waals surface area (Å²) < 4.78 is 16.1. The molecule has 146 valence electrons. The van der Waals surface area contributed by atoms with E-state index in [0.717, 1.165) is 36.6 Å². The molecule has 0 bridgehead atoms. The summed E-state index contributed by atoms with van der Waals surface area (Å²) in [5.74, 6) is 0.111. The third-order valence-electron chi connectivity index (χ3n) is 5.32. The Balaban J connectivity index is 1.59. The van der Waals surface area contributed by atoms with Gasteiger partial charge in [0.2, 0.25) is 0 Å². The first-order valence-corrected chi connectivity index (χ1v) is 9.50. The number of carbonyl (C=O) groups is 2. The average Bonchev–Trinajstić information content (AvgIpc) is 3.09. The zero-order chi connectivity index (χ0) is 19.4. The molecular weight excluding hydrogens is 346 g/mol. The molecule has 0 spiro atoms. The topological polar surface area (TPSA) is 69.0 Å². The summed E-state index contributed by atoms with van der Waals surface area (Å²) in [4.78, 5) is 26.7. The van der Waals surface area contributed by atoms with Crippen LogP contribution >= 0.6 is 0 Å². The first-order chi connectivity index (χ1) is 13.0. The van der Waals surface area contributed by atoms with Crippen LogP contribution in [0, 0.1) is 0 Å². The van der Waals surface area contributed by atoms with Gasteiger partial charge in [0.05, 0.1) is 19.8 Å². The molecule has 6 nitrogen and oxygen atoms in total. The molecular formula is C21H27NO5. The fourth-order valence-electron chi connectivity index (χ4n) is 3.71. The maximum Gasteiger partial charge on any atom is 0.311 e. The van der Waals surface area contributed by atoms with Crippen molar-refractivity contribution in [2.75, 3.05) is 14.2 Å². The zero-order valence-corrected chi connectivity index (χ0v) is 16.2. The van der Waals surface area contributed by atoms with Gasteiger partial charge in [-0.1, -0.05) is 19.3 Å². The van der Waals surface area contributed by atoms with E-state index in [4.69, 9.17) is 13.9 Å². The highest BCUT2D eigenvalue weighted by atomic mass is 16.5. The lowest BCUT2D eigenvalue weighted by Gasteiger charge is -2.32. The number of fused-ring (bicyclic) bond motifs is 1. The molecule has 0 N–H and O–H groups in total. The van der Waals surface area contributed by atoms with E-state index < -0.39 is 12.1 Å². The molecule has 0 unspecified atom stereocenters. The van der Waals surface area contributed by atoms with Crippen molar-refractivity contribution in [3.05, 3.63) is 30.0 Å². The van der Waals surface area contributed by atoms with Crippen LogP contribution in [-0.2, 0) is 20.7 Å². The molecule has 27 heavy (non-hydrogen) atoms. The van der Waals surface area contributed by atoms with Crippen molar-refractivity contribution in [3.63, 3.8) is 0 Å². The number of nitrogens with zero attached hydrogens (tertiary/aromatic N) is 1. The van der Waals surface area contributed by atoms with Crippen molar-refractivity contribution in [2.45, 2.75) is 57.6 Å². The molecule has 1 saturated carbocycles. The van der Waals surface area contributed by atoms with Gasteiger partial charge in [0.1, 0.15) is 11.3 Å². The number of hydrogen-bond donors (Lipinski definition) is 0. The van der Waals surface area contributed by atoms with E-state index in [1.807, 2.05) is 12.1 Å². The van der Waals surface area contributed by atoms with Crippen LogP contribution < -0.4 is 4.74 Å². The summed E-state index contributed by atoms with van der Waals surface area (Å²) in [5, 5.41) is 0.839. The molecule has 1 fully saturated rings. The molecule has 3 rings (SSSR count). The fraction of sp³-hybridized carbons (Fsp3) is 0.524. The Hall–Kier alpha value is -2.50. The maximum atomic E-state index is 12.6. The van der Waals surface area contributed by atoms with Crippen molar-refractivity contribution < 1.29 is 23.5 Å². The minimum atomic E-state index is -0.789. The summed E-state index contributed by atoms with van der Waals surface area (Å²) >= 11 is 0. The van der Waals surface area contributed by atoms with Gasteiger partial charge in [-0.2, -0.15) is 0 Å². The molecule has 1 heterocycles. The number of furan rings is 1. The fourth-order valence-corrected chi connectivity index (χ4v) is 3.71. The molecule has 2 aromatic rings. The Labute approximate surface area is 159 Å². The predicted molar refractivity (Wildman–Crippen MR) is 102 cm³/mol. The largest absolute Gasteiger partial charge is 0.497 e. The molecule has 0 radical (unpaired) electrons. The van der Waals surface area contributed by atoms with Crippen molar-refractivity contribution in [2.24, 2.45) is 0 Å². The highest BCUT2D eigenvalue weighted by molar-refractivity contribution is 5.88. The van der Waals surface area contributed by atoms with Crippen molar-refractivity contribution in [1.29, 1.82) is 0 Å². The normalized spacial score (nSPS) is 16.1. The van der Waals surface area contributed by atoms with Crippen LogP contribution in [-0.4, -0.2) is 43.1 Å². The summed E-state index contributed by atoms with van der Waals surface area (Å²) in [5.41, 5.74) is 1.39. The zero-order valence-electron chi connectivity index (χ0n) is 16.2. The van der Waals surface area contributed by atoms with Crippen LogP contribution in [0.25, 0.3) is 11.0 Å². The summed E-state index contributed by atoms with van der Waals surface area (Å²) in [7, 11) is 3.39. The van der Waals surface area contributed by atoms with Crippen molar-refractivity contribution in [1.82, 2.24) is 4.90 Å². The van der Waals surface area contributed by atoms with Crippen LogP contribution in [0.15, 0.2) is 28.9 Å². The third kappa shape index (κ3) is 4.43. The van der Waals surface area contributed by atoms with Gasteiger partial charge in [-0.3, -0.25) is 9.59 Å². The first-order valence-electron chi connectivity index (χ1n) is 9.50. The van der Waals surface area contributed by atoms with Gasteiger partial charge in [0, 0.05) is 30.1 Å². The summed E-state index contributed by atoms with van der Waals surface area (Å²) in [6, 6.07) is 5.69. The molecule has 1 aliphatic rings. The summed E-state index contributed by atoms with van der Waals surface area (Å²) in [6.07, 6.45) is 6.39. The lowest BCUT2D eigenvalue weighted by atomic mass is 9.94. The number of rotatable bonds is 6. The molecule has 6 heteroatoms. The lowest BCUT2D eigenvalue weighted by Crippen LogP contribution is -2.44. The minimum absolute atomic E-state index is 0.0596. The smallest absolute Gasteiger partial charge is 0.311 e. The van der Waals surface area contributed by atoms with Crippen LogP contribution in [0.5, 0.6) is 5.75 Å². The Kier molecular flexibility index (Phi) is 6.04. The number of benzene rings is 1. The SMILES string of the molecule is COc1ccc2c(CC(=O)O[C@H](C)C(=O)N(C)C3CCCCC3)coc2c1. The average molecular weight is 373 g/mol. The Bertz CT molecular complexity index is 806. The van der Waals surface area contributed by atoms with Gasteiger partial charge in [-0.15, -0.1) is 0 Å². The van der Waals surface area contributed by atoms with Gasteiger partial charge < -0.3 is 18.8 Å². The Morgan fingerprint density at radius 2 is 2.00 bits per heavy atom. The first kappa shape index (κ1) is 19.3. The van der Waals surface area contributed by atoms with Crippen LogP contribution in [0.4, 0.5) is 0 Å². The molecule has 1 atom stereocenters. The maximum absolute atomic E-state index is 12.6. The second-order valence-electron chi connectivity index (χ2n) is 7.17. The van der Waals surface area contributed by atoms with Crippen LogP contribution in [0.1, 0.15) is 44.6 Å². The standard InChI is InChI=1S/C21H27NO5/c1-14(21(24)22(2)16-7-5-4-6-8-16)27-20(23)11-15-13-26-19-12-17(25-3)9-10-18(15)19/h9-10,12-14,16H,4-8,11H2,1-3H3/t14-/m1/s1. The lowest BCUT2D eigenvalue weighted by molar-refractivity contribution is -0.159. The van der Waals surface area contributed by atoms with Gasteiger partial charge in [-0.05, 0) is 31.9 Å². The van der Waals surface area contributed by atoms with Gasteiger partial charge in [0.15, 0.2) is 6.10 Å². The van der Waals surface area contributed by atoms with Gasteiger partial charge >= 0.3 is 5.97 Å². The second kappa shape index (κ2) is 8.46. The van der Waals surface area contributed by atoms with E-state index in [1.54, 1.807) is 38.3 Å². The second-order valence-corrected chi connectivity index (χ2v) is 7.17. The Morgan fingerprint density at radius 1 is 1.26 bits per heavy atom. The molecule has 0 aliphatic heterocycles. The molecule has 1 aliphatic carbocycles. The predicted octanol–water partition coefficient (Wildman–Crippen LogP) is 3.71. The highest BCUT2D eigenvalue weighted by Crippen LogP contribution is 2.26. The van der Waals surface area contributed by atoms with E-state index in [0.29, 0.717) is 11.3 Å². The highest BCUT2D eigenvalue weighted by Gasteiger charge is 2.27. The van der Waals surface area contributed by atoms with Crippen molar-refractivity contribution >= 4 is 22.8 Å². The number of methoxy groups -OCH3 is 1. The number of amides is 1. The third-order valence-corrected chi connectivity index (χ3v) is 5.32. The van der Waals surface area contributed by atoms with Crippen molar-refractivity contribution in [3.8, 4) is 5.75 Å². The minimum Gasteiger partial charge on any atom is -0.497 e. The van der Waals surface area contributed by atoms with Gasteiger partial charge in [0.25, 0.3) is 5.91 Å². The van der Waals surface area contributed by atoms with E-state index in [9.17, 15) is 9.59 Å².